The Bertz CT molecular complexity index is 597. The lowest BCUT2D eigenvalue weighted by Gasteiger charge is -2.41. The van der Waals surface area contributed by atoms with E-state index in [0.717, 1.165) is 31.2 Å². The van der Waals surface area contributed by atoms with Crippen LogP contribution in [0.1, 0.15) is 20.8 Å². The van der Waals surface area contributed by atoms with Crippen LogP contribution >= 0.6 is 0 Å². The van der Waals surface area contributed by atoms with Crippen LogP contribution in [-0.2, 0) is 19.1 Å². The average Bonchev–Trinajstić information content (AvgIpc) is 2.62. The molecule has 1 heterocycles. The number of rotatable bonds is 2. The van der Waals surface area contributed by atoms with Gasteiger partial charge in [-0.15, -0.1) is 0 Å². The fraction of sp³-hybridized carbons (Fsp3) is 0.467. The number of carbonyl (C=O) groups excluding carboxylic acids is 2. The molecule has 120 valence electrons. The maximum atomic E-state index is 13.8. The SMILES string of the molecule is CCOC(=O)C1=C(C)OC2(C=CC(=O)C=C2)C1(C)C(F)(F)F. The van der Waals surface area contributed by atoms with E-state index >= 15 is 0 Å². The first kappa shape index (κ1) is 16.3. The van der Waals surface area contributed by atoms with Crippen LogP contribution in [-0.4, -0.2) is 30.1 Å². The van der Waals surface area contributed by atoms with E-state index in [1.807, 2.05) is 0 Å². The van der Waals surface area contributed by atoms with Gasteiger partial charge in [-0.1, -0.05) is 0 Å². The van der Waals surface area contributed by atoms with Gasteiger partial charge in [-0.25, -0.2) is 4.79 Å². The highest BCUT2D eigenvalue weighted by molar-refractivity contribution is 6.01. The van der Waals surface area contributed by atoms with Crippen molar-refractivity contribution < 1.29 is 32.2 Å². The number of hydrogen-bond acceptors (Lipinski definition) is 4. The van der Waals surface area contributed by atoms with Gasteiger partial charge < -0.3 is 9.47 Å². The first-order chi connectivity index (χ1) is 10.1. The van der Waals surface area contributed by atoms with Crippen LogP contribution in [0, 0.1) is 5.41 Å². The van der Waals surface area contributed by atoms with Crippen molar-refractivity contribution in [1.82, 2.24) is 0 Å². The lowest BCUT2D eigenvalue weighted by molar-refractivity contribution is -0.234. The number of ether oxygens (including phenoxy) is 2. The second kappa shape index (κ2) is 5.00. The molecule has 0 saturated heterocycles. The van der Waals surface area contributed by atoms with Crippen molar-refractivity contribution in [1.29, 1.82) is 0 Å². The summed E-state index contributed by atoms with van der Waals surface area (Å²) in [7, 11) is 0. The van der Waals surface area contributed by atoms with E-state index in [1.54, 1.807) is 0 Å². The number of allylic oxidation sites excluding steroid dienone is 3. The van der Waals surface area contributed by atoms with Gasteiger partial charge in [0, 0.05) is 0 Å². The van der Waals surface area contributed by atoms with Gasteiger partial charge in [-0.3, -0.25) is 4.79 Å². The molecule has 0 aromatic heterocycles. The Morgan fingerprint density at radius 2 is 1.86 bits per heavy atom. The minimum absolute atomic E-state index is 0.0548. The molecule has 7 heteroatoms. The van der Waals surface area contributed by atoms with E-state index in [4.69, 9.17) is 9.47 Å². The van der Waals surface area contributed by atoms with Gasteiger partial charge >= 0.3 is 12.1 Å². The zero-order chi connectivity index (χ0) is 16.8. The normalized spacial score (nSPS) is 26.5. The molecule has 0 N–H and O–H groups in total. The van der Waals surface area contributed by atoms with Crippen LogP contribution in [0.2, 0.25) is 0 Å². The lowest BCUT2D eigenvalue weighted by Crippen LogP contribution is -2.54. The number of hydrogen-bond donors (Lipinski definition) is 0. The summed E-state index contributed by atoms with van der Waals surface area (Å²) in [6.07, 6.45) is -0.699. The van der Waals surface area contributed by atoms with Crippen LogP contribution in [0.15, 0.2) is 35.6 Å². The third-order valence-electron chi connectivity index (χ3n) is 3.99. The minimum Gasteiger partial charge on any atom is -0.482 e. The Hall–Kier alpha value is -2.05. The number of alkyl halides is 3. The number of carbonyl (C=O) groups is 2. The summed E-state index contributed by atoms with van der Waals surface area (Å²) in [6.45, 7) is 3.60. The number of ketones is 1. The van der Waals surface area contributed by atoms with E-state index in [2.05, 4.69) is 0 Å². The van der Waals surface area contributed by atoms with Crippen molar-refractivity contribution in [3.8, 4) is 0 Å². The molecule has 0 amide bonds. The van der Waals surface area contributed by atoms with Crippen LogP contribution in [0.4, 0.5) is 13.2 Å². The van der Waals surface area contributed by atoms with Gasteiger partial charge in [0.1, 0.15) is 11.2 Å². The third kappa shape index (κ3) is 2.07. The third-order valence-corrected chi connectivity index (χ3v) is 3.99. The summed E-state index contributed by atoms with van der Waals surface area (Å²) in [5.41, 5.74) is -5.19. The van der Waals surface area contributed by atoms with E-state index in [-0.39, 0.29) is 12.4 Å². The predicted molar refractivity (Wildman–Crippen MR) is 70.6 cm³/mol. The smallest absolute Gasteiger partial charge is 0.403 e. The molecule has 1 aliphatic heterocycles. The molecule has 1 aliphatic carbocycles. The van der Waals surface area contributed by atoms with Crippen molar-refractivity contribution in [2.45, 2.75) is 32.5 Å². The van der Waals surface area contributed by atoms with Crippen molar-refractivity contribution in [3.63, 3.8) is 0 Å². The largest absolute Gasteiger partial charge is 0.482 e. The molecule has 1 unspecified atom stereocenters. The molecule has 1 spiro atoms. The van der Waals surface area contributed by atoms with Gasteiger partial charge in [0.25, 0.3) is 0 Å². The maximum absolute atomic E-state index is 13.8. The van der Waals surface area contributed by atoms with Gasteiger partial charge in [0.05, 0.1) is 12.2 Å². The molecule has 1 atom stereocenters. The summed E-state index contributed by atoms with van der Waals surface area (Å²) in [4.78, 5) is 23.3. The predicted octanol–water partition coefficient (Wildman–Crippen LogP) is 2.86. The molecular weight excluding hydrogens is 301 g/mol. The van der Waals surface area contributed by atoms with Crippen molar-refractivity contribution in [3.05, 3.63) is 35.6 Å². The standard InChI is InChI=1S/C15H15F3O4/c1-4-21-12(20)11-9(2)22-14(7-5-10(19)6-8-14)13(11,3)15(16,17)18/h5-8H,4H2,1-3H3. The molecule has 0 saturated carbocycles. The van der Waals surface area contributed by atoms with Crippen LogP contribution in [0.25, 0.3) is 0 Å². The van der Waals surface area contributed by atoms with Crippen molar-refractivity contribution >= 4 is 11.8 Å². The molecule has 0 fully saturated rings. The molecule has 0 radical (unpaired) electrons. The topological polar surface area (TPSA) is 52.6 Å². The first-order valence-electron chi connectivity index (χ1n) is 6.65. The Kier molecular flexibility index (Phi) is 3.71. The molecule has 4 nitrogen and oxygen atoms in total. The summed E-state index contributed by atoms with van der Waals surface area (Å²) in [5.74, 6) is -1.68. The first-order valence-corrected chi connectivity index (χ1v) is 6.65. The fourth-order valence-corrected chi connectivity index (χ4v) is 2.79. The molecule has 0 aromatic rings. The lowest BCUT2D eigenvalue weighted by atomic mass is 9.67. The van der Waals surface area contributed by atoms with E-state index < -0.39 is 34.5 Å². The van der Waals surface area contributed by atoms with E-state index in [0.29, 0.717) is 0 Å². The highest BCUT2D eigenvalue weighted by Crippen LogP contribution is 2.60. The molecule has 22 heavy (non-hydrogen) atoms. The Morgan fingerprint density at radius 1 is 1.32 bits per heavy atom. The highest BCUT2D eigenvalue weighted by atomic mass is 19.4. The van der Waals surface area contributed by atoms with E-state index in [9.17, 15) is 22.8 Å². The van der Waals surface area contributed by atoms with Crippen LogP contribution in [0.3, 0.4) is 0 Å². The van der Waals surface area contributed by atoms with Crippen LogP contribution in [0.5, 0.6) is 0 Å². The van der Waals surface area contributed by atoms with Crippen LogP contribution < -0.4 is 0 Å². The Morgan fingerprint density at radius 3 is 2.32 bits per heavy atom. The van der Waals surface area contributed by atoms with Gasteiger partial charge in [0.2, 0.25) is 0 Å². The molecule has 0 aromatic carbocycles. The van der Waals surface area contributed by atoms with Gasteiger partial charge in [-0.05, 0) is 45.1 Å². The number of esters is 1. The van der Waals surface area contributed by atoms with Crippen molar-refractivity contribution in [2.24, 2.45) is 5.41 Å². The quantitative estimate of drug-likeness (QED) is 0.735. The Balaban J connectivity index is 2.64. The van der Waals surface area contributed by atoms with Gasteiger partial charge in [0.15, 0.2) is 11.4 Å². The van der Waals surface area contributed by atoms with Crippen molar-refractivity contribution in [2.75, 3.05) is 6.61 Å². The zero-order valence-electron chi connectivity index (χ0n) is 12.3. The summed E-state index contributed by atoms with van der Waals surface area (Å²) in [5, 5.41) is 0. The summed E-state index contributed by atoms with van der Waals surface area (Å²) in [6, 6.07) is 0. The molecular formula is C15H15F3O4. The fourth-order valence-electron chi connectivity index (χ4n) is 2.79. The summed E-state index contributed by atoms with van der Waals surface area (Å²) >= 11 is 0. The monoisotopic (exact) mass is 316 g/mol. The van der Waals surface area contributed by atoms with E-state index in [1.165, 1.54) is 13.8 Å². The zero-order valence-corrected chi connectivity index (χ0v) is 12.3. The summed E-state index contributed by atoms with van der Waals surface area (Å²) < 4.78 is 51.6. The highest BCUT2D eigenvalue weighted by Gasteiger charge is 2.71. The molecule has 2 aliphatic rings. The molecule has 2 rings (SSSR count). The minimum atomic E-state index is -4.79. The maximum Gasteiger partial charge on any atom is 0.403 e. The molecule has 0 bridgehead atoms. The average molecular weight is 316 g/mol. The second-order valence-corrected chi connectivity index (χ2v) is 5.24. The second-order valence-electron chi connectivity index (χ2n) is 5.24. The number of halogens is 3. The van der Waals surface area contributed by atoms with Gasteiger partial charge in [-0.2, -0.15) is 13.2 Å². The Labute approximate surface area is 125 Å².